The average molecular weight is 314 g/mol. The van der Waals surface area contributed by atoms with Crippen LogP contribution in [0.4, 0.5) is 8.78 Å². The van der Waals surface area contributed by atoms with Gasteiger partial charge in [0.2, 0.25) is 5.91 Å². The van der Waals surface area contributed by atoms with Gasteiger partial charge in [0.25, 0.3) is 6.43 Å². The Morgan fingerprint density at radius 1 is 1.24 bits per heavy atom. The summed E-state index contributed by atoms with van der Waals surface area (Å²) in [5, 5.41) is 0.538. The number of rotatable bonds is 9. The molecule has 0 N–H and O–H groups in total. The Morgan fingerprint density at radius 3 is 2.12 bits per heavy atom. The molecular weight excluding hydrogens is 292 g/mol. The Balaban J connectivity index is 4.51. The predicted molar refractivity (Wildman–Crippen MR) is 69.7 cm³/mol. The maximum absolute atomic E-state index is 12.4. The molecule has 5 heteroatoms. The third-order valence-electron chi connectivity index (χ3n) is 2.65. The Bertz CT molecular complexity index is 209. The molecule has 0 aliphatic heterocycles. The van der Waals surface area contributed by atoms with E-state index in [1.54, 1.807) is 0 Å². The highest BCUT2D eigenvalue weighted by Crippen LogP contribution is 2.17. The van der Waals surface area contributed by atoms with Crippen molar-refractivity contribution in [1.29, 1.82) is 0 Å². The van der Waals surface area contributed by atoms with E-state index in [1.165, 1.54) is 4.90 Å². The van der Waals surface area contributed by atoms with E-state index in [2.05, 4.69) is 15.9 Å². The lowest BCUT2D eigenvalue weighted by Gasteiger charge is -2.26. The van der Waals surface area contributed by atoms with Crippen LogP contribution in [0.2, 0.25) is 0 Å². The first-order chi connectivity index (χ1) is 8.06. The maximum atomic E-state index is 12.4. The van der Waals surface area contributed by atoms with Crippen LogP contribution < -0.4 is 0 Å². The quantitative estimate of drug-likeness (QED) is 0.594. The van der Waals surface area contributed by atoms with Crippen molar-refractivity contribution in [2.45, 2.75) is 46.0 Å². The van der Waals surface area contributed by atoms with E-state index in [0.717, 1.165) is 25.7 Å². The van der Waals surface area contributed by atoms with Crippen LogP contribution in [0.3, 0.4) is 0 Å². The van der Waals surface area contributed by atoms with E-state index < -0.39 is 13.0 Å². The second kappa shape index (κ2) is 9.80. The molecule has 0 bridgehead atoms. The van der Waals surface area contributed by atoms with Crippen molar-refractivity contribution in [3.05, 3.63) is 0 Å². The van der Waals surface area contributed by atoms with Gasteiger partial charge in [-0.1, -0.05) is 42.6 Å². The van der Waals surface area contributed by atoms with Crippen LogP contribution >= 0.6 is 15.9 Å². The normalized spacial score (nSPS) is 11.2. The summed E-state index contributed by atoms with van der Waals surface area (Å²) < 4.78 is 24.8. The van der Waals surface area contributed by atoms with E-state index >= 15 is 0 Å². The molecule has 0 spiro atoms. The standard InChI is InChI=1S/C12H22BrF2NO/c1-3-5-10(6-4-2)12(17)16(8-7-13)9-11(14)15/h10-11H,3-9H2,1-2H3. The summed E-state index contributed by atoms with van der Waals surface area (Å²) in [5.41, 5.74) is 0. The van der Waals surface area contributed by atoms with Gasteiger partial charge in [-0.3, -0.25) is 4.79 Å². The summed E-state index contributed by atoms with van der Waals surface area (Å²) in [6.07, 6.45) is 0.936. The Morgan fingerprint density at radius 2 is 1.76 bits per heavy atom. The second-order valence-electron chi connectivity index (χ2n) is 4.14. The molecule has 0 aliphatic rings. The van der Waals surface area contributed by atoms with E-state index in [1.807, 2.05) is 13.8 Å². The highest BCUT2D eigenvalue weighted by Gasteiger charge is 2.24. The van der Waals surface area contributed by atoms with Gasteiger partial charge >= 0.3 is 0 Å². The van der Waals surface area contributed by atoms with E-state index in [4.69, 9.17) is 0 Å². The molecule has 0 aromatic rings. The summed E-state index contributed by atoms with van der Waals surface area (Å²) in [5.74, 6) is -0.212. The van der Waals surface area contributed by atoms with E-state index in [0.29, 0.717) is 11.9 Å². The van der Waals surface area contributed by atoms with Crippen LogP contribution in [-0.4, -0.2) is 35.7 Å². The first kappa shape index (κ1) is 16.8. The minimum Gasteiger partial charge on any atom is -0.336 e. The fourth-order valence-corrected chi connectivity index (χ4v) is 2.33. The molecule has 0 aromatic heterocycles. The lowest BCUT2D eigenvalue weighted by Crippen LogP contribution is -2.40. The highest BCUT2D eigenvalue weighted by atomic mass is 79.9. The third-order valence-corrected chi connectivity index (χ3v) is 3.00. The van der Waals surface area contributed by atoms with Crippen molar-refractivity contribution in [3.8, 4) is 0 Å². The molecule has 0 unspecified atom stereocenters. The van der Waals surface area contributed by atoms with Crippen molar-refractivity contribution in [1.82, 2.24) is 4.90 Å². The molecule has 0 heterocycles. The molecule has 0 rings (SSSR count). The van der Waals surface area contributed by atoms with Crippen LogP contribution in [0.15, 0.2) is 0 Å². The zero-order valence-corrected chi connectivity index (χ0v) is 12.2. The predicted octanol–water partition coefficient (Wildman–Crippen LogP) is 3.69. The monoisotopic (exact) mass is 313 g/mol. The molecular formula is C12H22BrF2NO. The summed E-state index contributed by atoms with van der Waals surface area (Å²) in [6.45, 7) is 3.93. The van der Waals surface area contributed by atoms with Crippen LogP contribution in [0.1, 0.15) is 39.5 Å². The van der Waals surface area contributed by atoms with Gasteiger partial charge in [0.05, 0.1) is 6.54 Å². The zero-order chi connectivity index (χ0) is 13.3. The van der Waals surface area contributed by atoms with Crippen LogP contribution in [-0.2, 0) is 4.79 Å². The minimum absolute atomic E-state index is 0.0946. The van der Waals surface area contributed by atoms with Crippen molar-refractivity contribution < 1.29 is 13.6 Å². The van der Waals surface area contributed by atoms with Crippen LogP contribution in [0.5, 0.6) is 0 Å². The van der Waals surface area contributed by atoms with Gasteiger partial charge in [-0.05, 0) is 12.8 Å². The van der Waals surface area contributed by atoms with Gasteiger partial charge in [0.15, 0.2) is 0 Å². The van der Waals surface area contributed by atoms with Crippen molar-refractivity contribution in [2.24, 2.45) is 5.92 Å². The molecule has 1 amide bonds. The molecule has 2 nitrogen and oxygen atoms in total. The van der Waals surface area contributed by atoms with Crippen molar-refractivity contribution in [2.75, 3.05) is 18.4 Å². The molecule has 0 saturated heterocycles. The molecule has 0 radical (unpaired) electrons. The lowest BCUT2D eigenvalue weighted by atomic mass is 9.96. The number of amides is 1. The van der Waals surface area contributed by atoms with Crippen LogP contribution in [0, 0.1) is 5.92 Å². The van der Waals surface area contributed by atoms with Gasteiger partial charge in [-0.15, -0.1) is 0 Å². The number of alkyl halides is 3. The van der Waals surface area contributed by atoms with Gasteiger partial charge in [0.1, 0.15) is 0 Å². The number of carbonyl (C=O) groups is 1. The Labute approximate surface area is 111 Å². The summed E-state index contributed by atoms with van der Waals surface area (Å²) >= 11 is 3.20. The molecule has 0 fully saturated rings. The van der Waals surface area contributed by atoms with Crippen molar-refractivity contribution >= 4 is 21.8 Å². The first-order valence-corrected chi connectivity index (χ1v) is 7.31. The minimum atomic E-state index is -2.46. The molecule has 0 atom stereocenters. The molecule has 0 aromatic carbocycles. The van der Waals surface area contributed by atoms with Gasteiger partial charge in [-0.25, -0.2) is 8.78 Å². The highest BCUT2D eigenvalue weighted by molar-refractivity contribution is 9.09. The largest absolute Gasteiger partial charge is 0.336 e. The number of nitrogens with zero attached hydrogens (tertiary/aromatic N) is 1. The number of halogens is 3. The van der Waals surface area contributed by atoms with Gasteiger partial charge in [0, 0.05) is 17.8 Å². The SMILES string of the molecule is CCCC(CCC)C(=O)N(CCBr)CC(F)F. The fourth-order valence-electron chi connectivity index (χ4n) is 1.91. The maximum Gasteiger partial charge on any atom is 0.255 e. The first-order valence-electron chi connectivity index (χ1n) is 6.19. The molecule has 0 aliphatic carbocycles. The van der Waals surface area contributed by atoms with E-state index in [-0.39, 0.29) is 11.8 Å². The number of hydrogen-bond donors (Lipinski definition) is 0. The van der Waals surface area contributed by atoms with Crippen molar-refractivity contribution in [3.63, 3.8) is 0 Å². The topological polar surface area (TPSA) is 20.3 Å². The van der Waals surface area contributed by atoms with Gasteiger partial charge in [-0.2, -0.15) is 0 Å². The number of hydrogen-bond acceptors (Lipinski definition) is 1. The summed E-state index contributed by atoms with van der Waals surface area (Å²) in [7, 11) is 0. The molecule has 0 saturated carbocycles. The second-order valence-corrected chi connectivity index (χ2v) is 4.93. The summed E-state index contributed by atoms with van der Waals surface area (Å²) in [4.78, 5) is 13.4. The average Bonchev–Trinajstić information content (AvgIpc) is 2.27. The lowest BCUT2D eigenvalue weighted by molar-refractivity contribution is -0.137. The fraction of sp³-hybridized carbons (Fsp3) is 0.917. The summed E-state index contributed by atoms with van der Waals surface area (Å²) in [6, 6.07) is 0. The zero-order valence-electron chi connectivity index (χ0n) is 10.6. The van der Waals surface area contributed by atoms with Crippen LogP contribution in [0.25, 0.3) is 0 Å². The molecule has 102 valence electrons. The third kappa shape index (κ3) is 6.96. The smallest absolute Gasteiger partial charge is 0.255 e. The number of carbonyl (C=O) groups excluding carboxylic acids is 1. The Kier molecular flexibility index (Phi) is 9.69. The van der Waals surface area contributed by atoms with E-state index in [9.17, 15) is 13.6 Å². The van der Waals surface area contributed by atoms with Gasteiger partial charge < -0.3 is 4.90 Å². The molecule has 17 heavy (non-hydrogen) atoms. The Hall–Kier alpha value is -0.190.